The SMILES string of the molecule is CC1CCN(C(=O)CN(CC2CCCCN2)C2CC2)CC1. The van der Waals surface area contributed by atoms with Crippen LogP contribution in [0.2, 0.25) is 0 Å². The van der Waals surface area contributed by atoms with E-state index in [4.69, 9.17) is 0 Å². The first-order valence-corrected chi connectivity index (χ1v) is 8.97. The third-order valence-corrected chi connectivity index (χ3v) is 5.41. The molecule has 0 spiro atoms. The van der Waals surface area contributed by atoms with Crippen molar-refractivity contribution >= 4 is 5.91 Å². The van der Waals surface area contributed by atoms with Crippen LogP contribution in [0.5, 0.6) is 0 Å². The fourth-order valence-corrected chi connectivity index (χ4v) is 3.68. The number of piperidine rings is 2. The van der Waals surface area contributed by atoms with Crippen LogP contribution >= 0.6 is 0 Å². The number of carbonyl (C=O) groups excluding carboxylic acids is 1. The highest BCUT2D eigenvalue weighted by molar-refractivity contribution is 5.78. The number of amides is 1. The highest BCUT2D eigenvalue weighted by atomic mass is 16.2. The molecule has 2 heterocycles. The van der Waals surface area contributed by atoms with Gasteiger partial charge in [-0.15, -0.1) is 0 Å². The van der Waals surface area contributed by atoms with Gasteiger partial charge in [-0.05, 0) is 51.0 Å². The van der Waals surface area contributed by atoms with Gasteiger partial charge in [-0.25, -0.2) is 0 Å². The van der Waals surface area contributed by atoms with Crippen molar-refractivity contribution in [3.63, 3.8) is 0 Å². The standard InChI is InChI=1S/C17H31N3O/c1-14-7-10-19(11-8-14)17(21)13-20(16-5-6-16)12-15-4-2-3-9-18-15/h14-16,18H,2-13H2,1H3. The summed E-state index contributed by atoms with van der Waals surface area (Å²) in [7, 11) is 0. The molecular formula is C17H31N3O. The summed E-state index contributed by atoms with van der Waals surface area (Å²) in [5, 5.41) is 3.62. The molecule has 1 amide bonds. The van der Waals surface area contributed by atoms with E-state index in [0.717, 1.165) is 32.1 Å². The summed E-state index contributed by atoms with van der Waals surface area (Å²) in [5.74, 6) is 1.16. The van der Waals surface area contributed by atoms with Gasteiger partial charge in [0.25, 0.3) is 0 Å². The molecule has 4 heteroatoms. The molecule has 3 rings (SSSR count). The molecule has 3 aliphatic rings. The number of likely N-dealkylation sites (tertiary alicyclic amines) is 1. The van der Waals surface area contributed by atoms with Crippen molar-refractivity contribution in [2.75, 3.05) is 32.7 Å². The van der Waals surface area contributed by atoms with Gasteiger partial charge in [0.2, 0.25) is 5.91 Å². The molecule has 0 aromatic heterocycles. The zero-order valence-corrected chi connectivity index (χ0v) is 13.5. The number of hydrogen-bond acceptors (Lipinski definition) is 3. The van der Waals surface area contributed by atoms with Crippen LogP contribution in [-0.2, 0) is 4.79 Å². The number of carbonyl (C=O) groups is 1. The van der Waals surface area contributed by atoms with E-state index in [-0.39, 0.29) is 0 Å². The molecule has 1 N–H and O–H groups in total. The van der Waals surface area contributed by atoms with Crippen LogP contribution in [-0.4, -0.2) is 60.5 Å². The van der Waals surface area contributed by atoms with Gasteiger partial charge in [0.05, 0.1) is 6.54 Å². The number of nitrogens with zero attached hydrogens (tertiary/aromatic N) is 2. The van der Waals surface area contributed by atoms with E-state index in [2.05, 4.69) is 22.0 Å². The maximum Gasteiger partial charge on any atom is 0.236 e. The van der Waals surface area contributed by atoms with Gasteiger partial charge in [0, 0.05) is 31.7 Å². The molecule has 1 saturated carbocycles. The summed E-state index contributed by atoms with van der Waals surface area (Å²) in [6, 6.07) is 1.29. The monoisotopic (exact) mass is 293 g/mol. The van der Waals surface area contributed by atoms with Crippen LogP contribution in [0.4, 0.5) is 0 Å². The van der Waals surface area contributed by atoms with Crippen molar-refractivity contribution in [3.05, 3.63) is 0 Å². The van der Waals surface area contributed by atoms with Gasteiger partial charge >= 0.3 is 0 Å². The van der Waals surface area contributed by atoms with Gasteiger partial charge < -0.3 is 10.2 Å². The van der Waals surface area contributed by atoms with Crippen LogP contribution in [0, 0.1) is 5.92 Å². The molecule has 3 fully saturated rings. The molecule has 0 radical (unpaired) electrons. The number of nitrogens with one attached hydrogen (secondary N) is 1. The van der Waals surface area contributed by atoms with Crippen LogP contribution in [0.25, 0.3) is 0 Å². The Balaban J connectivity index is 1.48. The first-order valence-electron chi connectivity index (χ1n) is 8.97. The Morgan fingerprint density at radius 1 is 1.14 bits per heavy atom. The van der Waals surface area contributed by atoms with Crippen molar-refractivity contribution in [1.29, 1.82) is 0 Å². The molecule has 0 aromatic rings. The van der Waals surface area contributed by atoms with E-state index in [0.29, 0.717) is 24.5 Å². The smallest absolute Gasteiger partial charge is 0.236 e. The first kappa shape index (κ1) is 15.3. The summed E-state index contributed by atoms with van der Waals surface area (Å²) in [6.07, 6.45) is 8.87. The second kappa shape index (κ2) is 7.10. The predicted molar refractivity (Wildman–Crippen MR) is 85.2 cm³/mol. The molecule has 1 unspecified atom stereocenters. The second-order valence-corrected chi connectivity index (χ2v) is 7.37. The lowest BCUT2D eigenvalue weighted by molar-refractivity contribution is -0.134. The van der Waals surface area contributed by atoms with E-state index in [1.807, 2.05) is 0 Å². The zero-order chi connectivity index (χ0) is 14.7. The largest absolute Gasteiger partial charge is 0.342 e. The van der Waals surface area contributed by atoms with Crippen molar-refractivity contribution in [1.82, 2.24) is 15.1 Å². The van der Waals surface area contributed by atoms with Gasteiger partial charge in [-0.1, -0.05) is 13.3 Å². The molecule has 2 aliphatic heterocycles. The van der Waals surface area contributed by atoms with Crippen LogP contribution in [0.3, 0.4) is 0 Å². The minimum Gasteiger partial charge on any atom is -0.342 e. The number of hydrogen-bond donors (Lipinski definition) is 1. The third kappa shape index (κ3) is 4.43. The lowest BCUT2D eigenvalue weighted by atomic mass is 9.99. The van der Waals surface area contributed by atoms with Gasteiger partial charge in [-0.3, -0.25) is 9.69 Å². The van der Waals surface area contributed by atoms with Gasteiger partial charge in [-0.2, -0.15) is 0 Å². The quantitative estimate of drug-likeness (QED) is 0.840. The Kier molecular flexibility index (Phi) is 5.17. The summed E-state index contributed by atoms with van der Waals surface area (Å²) in [5.41, 5.74) is 0. The lowest BCUT2D eigenvalue weighted by Gasteiger charge is -2.34. The molecule has 120 valence electrons. The van der Waals surface area contributed by atoms with E-state index in [1.54, 1.807) is 0 Å². The summed E-state index contributed by atoms with van der Waals surface area (Å²) in [4.78, 5) is 17.1. The molecule has 0 bridgehead atoms. The maximum absolute atomic E-state index is 12.6. The van der Waals surface area contributed by atoms with Crippen LogP contribution in [0.15, 0.2) is 0 Å². The topological polar surface area (TPSA) is 35.6 Å². The molecule has 4 nitrogen and oxygen atoms in total. The Morgan fingerprint density at radius 3 is 2.52 bits per heavy atom. The Bertz CT molecular complexity index is 342. The predicted octanol–water partition coefficient (Wildman–Crippen LogP) is 1.85. The summed E-state index contributed by atoms with van der Waals surface area (Å²) >= 11 is 0. The average Bonchev–Trinajstić information content (AvgIpc) is 3.33. The fraction of sp³-hybridized carbons (Fsp3) is 0.941. The molecule has 2 saturated heterocycles. The lowest BCUT2D eigenvalue weighted by Crippen LogP contribution is -2.49. The third-order valence-electron chi connectivity index (χ3n) is 5.41. The Labute approximate surface area is 129 Å². The maximum atomic E-state index is 12.6. The number of rotatable bonds is 5. The highest BCUT2D eigenvalue weighted by Crippen LogP contribution is 2.28. The van der Waals surface area contributed by atoms with Gasteiger partial charge in [0.1, 0.15) is 0 Å². The molecular weight excluding hydrogens is 262 g/mol. The van der Waals surface area contributed by atoms with E-state index in [1.165, 1.54) is 44.9 Å². The minimum absolute atomic E-state index is 0.365. The first-order chi connectivity index (χ1) is 10.2. The van der Waals surface area contributed by atoms with Crippen molar-refractivity contribution in [2.45, 2.75) is 64.0 Å². The van der Waals surface area contributed by atoms with E-state index < -0.39 is 0 Å². The van der Waals surface area contributed by atoms with Crippen LogP contribution in [0.1, 0.15) is 51.9 Å². The fourth-order valence-electron chi connectivity index (χ4n) is 3.68. The molecule has 21 heavy (non-hydrogen) atoms. The average molecular weight is 293 g/mol. The molecule has 0 aromatic carbocycles. The molecule has 1 atom stereocenters. The zero-order valence-electron chi connectivity index (χ0n) is 13.5. The van der Waals surface area contributed by atoms with Crippen molar-refractivity contribution in [2.24, 2.45) is 5.92 Å². The van der Waals surface area contributed by atoms with Crippen LogP contribution < -0.4 is 5.32 Å². The summed E-state index contributed by atoms with van der Waals surface area (Å²) in [6.45, 7) is 7.12. The van der Waals surface area contributed by atoms with E-state index >= 15 is 0 Å². The highest BCUT2D eigenvalue weighted by Gasteiger charge is 2.33. The summed E-state index contributed by atoms with van der Waals surface area (Å²) < 4.78 is 0. The van der Waals surface area contributed by atoms with Crippen molar-refractivity contribution < 1.29 is 4.79 Å². The second-order valence-electron chi connectivity index (χ2n) is 7.37. The minimum atomic E-state index is 0.365. The van der Waals surface area contributed by atoms with E-state index in [9.17, 15) is 4.79 Å². The Hall–Kier alpha value is -0.610. The normalized spacial score (nSPS) is 28.1. The Morgan fingerprint density at radius 2 is 1.90 bits per heavy atom. The van der Waals surface area contributed by atoms with Gasteiger partial charge in [0.15, 0.2) is 0 Å². The van der Waals surface area contributed by atoms with Crippen molar-refractivity contribution in [3.8, 4) is 0 Å². The molecule has 1 aliphatic carbocycles.